The third kappa shape index (κ3) is 3.11. The predicted octanol–water partition coefficient (Wildman–Crippen LogP) is 2.14. The summed E-state index contributed by atoms with van der Waals surface area (Å²) in [6.07, 6.45) is 6.30. The summed E-state index contributed by atoms with van der Waals surface area (Å²) in [5, 5.41) is 0. The molecule has 0 amide bonds. The van der Waals surface area contributed by atoms with Gasteiger partial charge in [0.1, 0.15) is 6.10 Å². The molecule has 1 aromatic heterocycles. The molecular formula is C12H18BrN3O2. The second-order valence-corrected chi connectivity index (χ2v) is 5.30. The zero-order chi connectivity index (χ0) is 13.0. The van der Waals surface area contributed by atoms with E-state index in [9.17, 15) is 0 Å². The highest BCUT2D eigenvalue weighted by atomic mass is 79.9. The lowest BCUT2D eigenvalue weighted by Gasteiger charge is -2.30. The van der Waals surface area contributed by atoms with Crippen LogP contribution in [0.15, 0.2) is 10.7 Å². The smallest absolute Gasteiger partial charge is 0.320 e. The van der Waals surface area contributed by atoms with Gasteiger partial charge in [-0.3, -0.25) is 0 Å². The molecule has 0 radical (unpaired) electrons. The summed E-state index contributed by atoms with van der Waals surface area (Å²) in [5.74, 6) is 0.886. The number of nitrogens with two attached hydrogens (primary N) is 1. The molecule has 5 nitrogen and oxygen atoms in total. The fourth-order valence-corrected chi connectivity index (χ4v) is 2.62. The zero-order valence-electron chi connectivity index (χ0n) is 10.4. The predicted molar refractivity (Wildman–Crippen MR) is 71.7 cm³/mol. The maximum Gasteiger partial charge on any atom is 0.320 e. The molecule has 0 aliphatic heterocycles. The van der Waals surface area contributed by atoms with E-state index in [0.29, 0.717) is 24.4 Å². The summed E-state index contributed by atoms with van der Waals surface area (Å²) >= 11 is 3.32. The molecule has 1 aliphatic rings. The number of hydrogen-bond acceptors (Lipinski definition) is 5. The highest BCUT2D eigenvalue weighted by Crippen LogP contribution is 2.28. The monoisotopic (exact) mass is 315 g/mol. The van der Waals surface area contributed by atoms with E-state index in [1.54, 1.807) is 13.3 Å². The van der Waals surface area contributed by atoms with E-state index in [-0.39, 0.29) is 6.10 Å². The lowest BCUT2D eigenvalue weighted by molar-refractivity contribution is 0.0863. The number of aromatic nitrogens is 2. The quantitative estimate of drug-likeness (QED) is 0.921. The highest BCUT2D eigenvalue weighted by Gasteiger charge is 2.26. The van der Waals surface area contributed by atoms with E-state index in [1.807, 2.05) is 0 Å². The summed E-state index contributed by atoms with van der Waals surface area (Å²) < 4.78 is 11.7. The molecule has 0 bridgehead atoms. The molecule has 2 unspecified atom stereocenters. The van der Waals surface area contributed by atoms with E-state index in [2.05, 4.69) is 25.9 Å². The van der Waals surface area contributed by atoms with Crippen molar-refractivity contribution in [3.05, 3.63) is 10.7 Å². The number of halogens is 1. The van der Waals surface area contributed by atoms with Gasteiger partial charge in [-0.05, 0) is 41.7 Å². The molecule has 0 saturated heterocycles. The van der Waals surface area contributed by atoms with Crippen LogP contribution in [0.1, 0.15) is 25.7 Å². The van der Waals surface area contributed by atoms with Crippen LogP contribution >= 0.6 is 15.9 Å². The Hall–Kier alpha value is -0.880. The summed E-state index contributed by atoms with van der Waals surface area (Å²) in [6, 6.07) is 0.361. The van der Waals surface area contributed by atoms with Crippen molar-refractivity contribution in [2.45, 2.75) is 31.8 Å². The fraction of sp³-hybridized carbons (Fsp3) is 0.667. The highest BCUT2D eigenvalue weighted by molar-refractivity contribution is 9.10. The Morgan fingerprint density at radius 3 is 2.94 bits per heavy atom. The Kier molecular flexibility index (Phi) is 4.77. The zero-order valence-corrected chi connectivity index (χ0v) is 12.0. The average Bonchev–Trinajstić information content (AvgIpc) is 2.41. The minimum absolute atomic E-state index is 0.120. The molecule has 1 aromatic rings. The van der Waals surface area contributed by atoms with Gasteiger partial charge in [0, 0.05) is 5.92 Å². The third-order valence-corrected chi connectivity index (χ3v) is 3.83. The van der Waals surface area contributed by atoms with Crippen molar-refractivity contribution in [1.29, 1.82) is 0 Å². The minimum atomic E-state index is 0.120. The van der Waals surface area contributed by atoms with Gasteiger partial charge in [-0.25, -0.2) is 4.98 Å². The number of nitrogens with zero attached hydrogens (tertiary/aromatic N) is 2. The molecule has 18 heavy (non-hydrogen) atoms. The Labute approximate surface area is 115 Å². The van der Waals surface area contributed by atoms with Gasteiger partial charge in [0.2, 0.25) is 5.88 Å². The minimum Gasteiger partial charge on any atom is -0.480 e. The van der Waals surface area contributed by atoms with Crippen LogP contribution in [0.25, 0.3) is 0 Å². The van der Waals surface area contributed by atoms with Crippen LogP contribution in [0.2, 0.25) is 0 Å². The summed E-state index contributed by atoms with van der Waals surface area (Å²) in [6.45, 7) is 0.651. The van der Waals surface area contributed by atoms with Crippen molar-refractivity contribution in [2.24, 2.45) is 11.7 Å². The SMILES string of the molecule is COc1nc(OC2CCCCC2CN)ncc1Br. The van der Waals surface area contributed by atoms with Crippen LogP contribution in [-0.2, 0) is 0 Å². The second-order valence-electron chi connectivity index (χ2n) is 4.45. The van der Waals surface area contributed by atoms with Crippen LogP contribution in [0, 0.1) is 5.92 Å². The maximum absolute atomic E-state index is 5.85. The largest absolute Gasteiger partial charge is 0.480 e. The second kappa shape index (κ2) is 6.33. The number of hydrogen-bond donors (Lipinski definition) is 1. The normalized spacial score (nSPS) is 23.7. The van der Waals surface area contributed by atoms with Crippen molar-refractivity contribution in [2.75, 3.05) is 13.7 Å². The van der Waals surface area contributed by atoms with Crippen LogP contribution < -0.4 is 15.2 Å². The van der Waals surface area contributed by atoms with E-state index >= 15 is 0 Å². The van der Waals surface area contributed by atoms with Gasteiger partial charge in [-0.15, -0.1) is 0 Å². The molecule has 2 N–H and O–H groups in total. The topological polar surface area (TPSA) is 70.3 Å². The Bertz CT molecular complexity index is 403. The van der Waals surface area contributed by atoms with Crippen LogP contribution in [0.3, 0.4) is 0 Å². The summed E-state index contributed by atoms with van der Waals surface area (Å²) in [4.78, 5) is 8.36. The lowest BCUT2D eigenvalue weighted by atomic mass is 9.86. The van der Waals surface area contributed by atoms with E-state index in [1.165, 1.54) is 12.8 Å². The standard InChI is InChI=1S/C12H18BrN3O2/c1-17-11-9(13)7-15-12(16-11)18-10-5-3-2-4-8(10)6-14/h7-8,10H,2-6,14H2,1H3. The van der Waals surface area contributed by atoms with Crippen molar-refractivity contribution in [3.63, 3.8) is 0 Å². The summed E-state index contributed by atoms with van der Waals surface area (Å²) in [5.41, 5.74) is 5.77. The van der Waals surface area contributed by atoms with Crippen molar-refractivity contribution < 1.29 is 9.47 Å². The molecule has 2 rings (SSSR count). The third-order valence-electron chi connectivity index (χ3n) is 3.28. The van der Waals surface area contributed by atoms with Gasteiger partial charge in [0.25, 0.3) is 0 Å². The van der Waals surface area contributed by atoms with Gasteiger partial charge in [0.15, 0.2) is 0 Å². The Morgan fingerprint density at radius 2 is 2.22 bits per heavy atom. The van der Waals surface area contributed by atoms with Crippen molar-refractivity contribution in [1.82, 2.24) is 9.97 Å². The van der Waals surface area contributed by atoms with Gasteiger partial charge >= 0.3 is 6.01 Å². The molecule has 1 saturated carbocycles. The first-order valence-electron chi connectivity index (χ1n) is 6.18. The van der Waals surface area contributed by atoms with E-state index in [4.69, 9.17) is 15.2 Å². The maximum atomic E-state index is 5.85. The molecular weight excluding hydrogens is 298 g/mol. The fourth-order valence-electron chi connectivity index (χ4n) is 2.27. The van der Waals surface area contributed by atoms with E-state index in [0.717, 1.165) is 17.3 Å². The van der Waals surface area contributed by atoms with Gasteiger partial charge in [-0.2, -0.15) is 4.98 Å². The average molecular weight is 316 g/mol. The van der Waals surface area contributed by atoms with Gasteiger partial charge in [0.05, 0.1) is 17.8 Å². The van der Waals surface area contributed by atoms with Crippen molar-refractivity contribution in [3.8, 4) is 11.9 Å². The number of methoxy groups -OCH3 is 1. The Morgan fingerprint density at radius 1 is 1.44 bits per heavy atom. The first-order chi connectivity index (χ1) is 8.74. The number of rotatable bonds is 4. The van der Waals surface area contributed by atoms with Crippen LogP contribution in [-0.4, -0.2) is 29.7 Å². The number of ether oxygens (including phenoxy) is 2. The first kappa shape index (κ1) is 13.5. The van der Waals surface area contributed by atoms with Crippen molar-refractivity contribution >= 4 is 15.9 Å². The molecule has 0 spiro atoms. The molecule has 1 aliphatic carbocycles. The lowest BCUT2D eigenvalue weighted by Crippen LogP contribution is -2.35. The van der Waals surface area contributed by atoms with E-state index < -0.39 is 0 Å². The Balaban J connectivity index is 2.07. The summed E-state index contributed by atoms with van der Waals surface area (Å²) in [7, 11) is 1.57. The molecule has 1 fully saturated rings. The van der Waals surface area contributed by atoms with Crippen LogP contribution in [0.4, 0.5) is 0 Å². The molecule has 1 heterocycles. The van der Waals surface area contributed by atoms with Gasteiger partial charge in [-0.1, -0.05) is 6.42 Å². The molecule has 0 aromatic carbocycles. The van der Waals surface area contributed by atoms with Crippen LogP contribution in [0.5, 0.6) is 11.9 Å². The molecule has 2 atom stereocenters. The molecule has 100 valence electrons. The van der Waals surface area contributed by atoms with Gasteiger partial charge < -0.3 is 15.2 Å². The molecule has 6 heteroatoms. The first-order valence-corrected chi connectivity index (χ1v) is 6.97.